The Morgan fingerprint density at radius 2 is 1.96 bits per heavy atom. The summed E-state index contributed by atoms with van der Waals surface area (Å²) in [4.78, 5) is 16.5. The number of ether oxygens (including phenoxy) is 2. The monoisotopic (exact) mass is 346 g/mol. The fourth-order valence-electron chi connectivity index (χ4n) is 3.95. The minimum atomic E-state index is -0.225. The second-order valence-electron chi connectivity index (χ2n) is 7.15. The van der Waals surface area contributed by atoms with Gasteiger partial charge in [-0.15, -0.1) is 0 Å². The van der Waals surface area contributed by atoms with Crippen molar-refractivity contribution < 1.29 is 14.3 Å². The van der Waals surface area contributed by atoms with Crippen LogP contribution in [0.2, 0.25) is 0 Å². The number of fused-ring (bicyclic) bond motifs is 1. The molecule has 1 amide bonds. The molecule has 0 radical (unpaired) electrons. The molecule has 138 valence electrons. The third-order valence-corrected chi connectivity index (χ3v) is 5.34. The Labute approximate surface area is 150 Å². The minimum absolute atomic E-state index is 0.155. The van der Waals surface area contributed by atoms with E-state index in [1.807, 2.05) is 11.8 Å². The molecule has 1 fully saturated rings. The number of methoxy groups -OCH3 is 1. The number of benzene rings is 1. The second-order valence-corrected chi connectivity index (χ2v) is 7.15. The maximum atomic E-state index is 12.2. The Morgan fingerprint density at radius 1 is 1.20 bits per heavy atom. The molecule has 1 aromatic rings. The topological polar surface area (TPSA) is 42.0 Å². The molecule has 0 aliphatic carbocycles. The number of piperidine rings is 1. The lowest BCUT2D eigenvalue weighted by molar-refractivity contribution is 0.0861. The van der Waals surface area contributed by atoms with Crippen LogP contribution in [0.25, 0.3) is 0 Å². The average Bonchev–Trinajstić information content (AvgIpc) is 2.61. The molecule has 0 N–H and O–H groups in total. The van der Waals surface area contributed by atoms with Crippen molar-refractivity contribution in [3.63, 3.8) is 0 Å². The van der Waals surface area contributed by atoms with Gasteiger partial charge >= 0.3 is 6.09 Å². The first kappa shape index (κ1) is 18.1. The summed E-state index contributed by atoms with van der Waals surface area (Å²) in [5.41, 5.74) is 3.77. The highest BCUT2D eigenvalue weighted by Gasteiger charge is 2.29. The van der Waals surface area contributed by atoms with Crippen molar-refractivity contribution >= 4 is 6.09 Å². The normalized spacial score (nSPS) is 20.9. The number of hydrogen-bond acceptors (Lipinski definition) is 4. The van der Waals surface area contributed by atoms with E-state index in [4.69, 9.17) is 9.47 Å². The Hall–Kier alpha value is -1.75. The van der Waals surface area contributed by atoms with Crippen LogP contribution in [0, 0.1) is 0 Å². The van der Waals surface area contributed by atoms with Crippen LogP contribution in [0.4, 0.5) is 4.79 Å². The van der Waals surface area contributed by atoms with Crippen molar-refractivity contribution in [2.24, 2.45) is 0 Å². The summed E-state index contributed by atoms with van der Waals surface area (Å²) in [5.74, 6) is 0.933. The van der Waals surface area contributed by atoms with Gasteiger partial charge in [0, 0.05) is 24.7 Å². The summed E-state index contributed by atoms with van der Waals surface area (Å²) >= 11 is 0. The minimum Gasteiger partial charge on any atom is -0.496 e. The maximum absolute atomic E-state index is 12.2. The van der Waals surface area contributed by atoms with E-state index in [0.717, 1.165) is 18.7 Å². The first-order valence-corrected chi connectivity index (χ1v) is 9.46. The van der Waals surface area contributed by atoms with Gasteiger partial charge in [-0.3, -0.25) is 4.90 Å². The zero-order valence-electron chi connectivity index (χ0n) is 15.7. The Morgan fingerprint density at radius 3 is 2.64 bits per heavy atom. The number of hydrogen-bond donors (Lipinski definition) is 0. The van der Waals surface area contributed by atoms with E-state index < -0.39 is 0 Å². The third kappa shape index (κ3) is 4.09. The fraction of sp³-hybridized carbons (Fsp3) is 0.650. The van der Waals surface area contributed by atoms with E-state index in [-0.39, 0.29) is 12.1 Å². The molecule has 1 saturated heterocycles. The molecule has 0 spiro atoms. The fourth-order valence-corrected chi connectivity index (χ4v) is 3.95. The lowest BCUT2D eigenvalue weighted by Gasteiger charge is -2.35. The van der Waals surface area contributed by atoms with E-state index in [1.165, 1.54) is 49.0 Å². The predicted molar refractivity (Wildman–Crippen MR) is 97.9 cm³/mol. The van der Waals surface area contributed by atoms with Crippen LogP contribution in [-0.2, 0) is 24.2 Å². The summed E-state index contributed by atoms with van der Waals surface area (Å²) in [7, 11) is 1.73. The predicted octanol–water partition coefficient (Wildman–Crippen LogP) is 3.58. The quantitative estimate of drug-likeness (QED) is 0.836. The number of likely N-dealkylation sites (tertiary alicyclic amines) is 1. The van der Waals surface area contributed by atoms with Crippen LogP contribution in [0.5, 0.6) is 5.75 Å². The van der Waals surface area contributed by atoms with Crippen molar-refractivity contribution in [2.45, 2.75) is 58.7 Å². The highest BCUT2D eigenvalue weighted by molar-refractivity contribution is 5.68. The Bertz CT molecular complexity index is 611. The van der Waals surface area contributed by atoms with Crippen molar-refractivity contribution in [3.05, 3.63) is 28.8 Å². The smallest absolute Gasteiger partial charge is 0.410 e. The highest BCUT2D eigenvalue weighted by atomic mass is 16.6. The molecular formula is C20H30N2O3. The summed E-state index contributed by atoms with van der Waals surface area (Å²) < 4.78 is 10.9. The third-order valence-electron chi connectivity index (χ3n) is 5.34. The molecule has 5 nitrogen and oxygen atoms in total. The summed E-state index contributed by atoms with van der Waals surface area (Å²) in [5, 5.41) is 0. The van der Waals surface area contributed by atoms with Gasteiger partial charge in [-0.25, -0.2) is 4.79 Å². The van der Waals surface area contributed by atoms with Crippen molar-refractivity contribution in [3.8, 4) is 5.75 Å². The van der Waals surface area contributed by atoms with Crippen LogP contribution < -0.4 is 4.74 Å². The van der Waals surface area contributed by atoms with Crippen LogP contribution in [0.15, 0.2) is 12.1 Å². The second kappa shape index (κ2) is 8.09. The number of rotatable bonds is 4. The first-order valence-electron chi connectivity index (χ1n) is 9.46. The molecule has 3 rings (SSSR count). The van der Waals surface area contributed by atoms with E-state index in [9.17, 15) is 4.79 Å². The molecule has 1 unspecified atom stereocenters. The van der Waals surface area contributed by atoms with Gasteiger partial charge in [-0.2, -0.15) is 0 Å². The molecule has 0 aromatic heterocycles. The standard InChI is InChI=1S/C20H30N2O3/c1-4-25-20(23)22-14-17-12-19(24-3)18(11-16(17)10-15(22)2)13-21-8-6-5-7-9-21/h11-12,15H,4-10,13-14H2,1-3H3. The van der Waals surface area contributed by atoms with Gasteiger partial charge in [0.25, 0.3) is 0 Å². The van der Waals surface area contributed by atoms with Gasteiger partial charge in [0.05, 0.1) is 13.7 Å². The molecule has 1 atom stereocenters. The summed E-state index contributed by atoms with van der Waals surface area (Å²) in [6.45, 7) is 8.24. The first-order chi connectivity index (χ1) is 12.1. The SMILES string of the molecule is CCOC(=O)N1Cc2cc(OC)c(CN3CCCCC3)cc2CC1C. The van der Waals surface area contributed by atoms with E-state index in [1.54, 1.807) is 7.11 Å². The maximum Gasteiger partial charge on any atom is 0.410 e. The lowest BCUT2D eigenvalue weighted by atomic mass is 9.92. The van der Waals surface area contributed by atoms with Gasteiger partial charge < -0.3 is 14.4 Å². The van der Waals surface area contributed by atoms with Crippen molar-refractivity contribution in [1.82, 2.24) is 9.80 Å². The van der Waals surface area contributed by atoms with Crippen molar-refractivity contribution in [2.75, 3.05) is 26.8 Å². The number of carbonyl (C=O) groups is 1. The van der Waals surface area contributed by atoms with Gasteiger partial charge in [-0.1, -0.05) is 12.5 Å². The zero-order chi connectivity index (χ0) is 17.8. The van der Waals surface area contributed by atoms with E-state index >= 15 is 0 Å². The summed E-state index contributed by atoms with van der Waals surface area (Å²) in [6, 6.07) is 4.57. The van der Waals surface area contributed by atoms with E-state index in [0.29, 0.717) is 13.2 Å². The number of carbonyl (C=O) groups excluding carboxylic acids is 1. The molecule has 2 aliphatic rings. The zero-order valence-corrected chi connectivity index (χ0v) is 15.7. The highest BCUT2D eigenvalue weighted by Crippen LogP contribution is 2.31. The van der Waals surface area contributed by atoms with Gasteiger partial charge in [0.2, 0.25) is 0 Å². The van der Waals surface area contributed by atoms with Crippen LogP contribution in [-0.4, -0.2) is 48.7 Å². The molecule has 0 saturated carbocycles. The number of nitrogens with zero attached hydrogens (tertiary/aromatic N) is 2. The number of amides is 1. The molecular weight excluding hydrogens is 316 g/mol. The average molecular weight is 346 g/mol. The molecule has 2 heterocycles. The lowest BCUT2D eigenvalue weighted by Crippen LogP contribution is -2.43. The summed E-state index contributed by atoms with van der Waals surface area (Å²) in [6.07, 6.45) is 4.57. The van der Waals surface area contributed by atoms with Crippen LogP contribution in [0.3, 0.4) is 0 Å². The molecule has 2 aliphatic heterocycles. The molecule has 0 bridgehead atoms. The van der Waals surface area contributed by atoms with Crippen molar-refractivity contribution in [1.29, 1.82) is 0 Å². The largest absolute Gasteiger partial charge is 0.496 e. The molecule has 5 heteroatoms. The molecule has 25 heavy (non-hydrogen) atoms. The van der Waals surface area contributed by atoms with Gasteiger partial charge in [0.15, 0.2) is 0 Å². The van der Waals surface area contributed by atoms with Crippen LogP contribution in [0.1, 0.15) is 49.8 Å². The van der Waals surface area contributed by atoms with E-state index in [2.05, 4.69) is 24.0 Å². The van der Waals surface area contributed by atoms with Crippen LogP contribution >= 0.6 is 0 Å². The molecule has 1 aromatic carbocycles. The Kier molecular flexibility index (Phi) is 5.84. The van der Waals surface area contributed by atoms with Gasteiger partial charge in [0.1, 0.15) is 5.75 Å². The van der Waals surface area contributed by atoms with Gasteiger partial charge in [-0.05, 0) is 63.4 Å². The Balaban J connectivity index is 1.81.